The largest absolute Gasteiger partial charge is 0.354 e. The molecule has 1 aromatic heterocycles. The number of amides is 1. The van der Waals surface area contributed by atoms with E-state index in [-0.39, 0.29) is 5.91 Å². The molecular formula is C20H26N2OS. The Bertz CT molecular complexity index is 618. The van der Waals surface area contributed by atoms with Gasteiger partial charge < -0.3 is 10.6 Å². The van der Waals surface area contributed by atoms with Crippen LogP contribution in [0, 0.1) is 0 Å². The van der Waals surface area contributed by atoms with Gasteiger partial charge in [0.15, 0.2) is 0 Å². The van der Waals surface area contributed by atoms with Gasteiger partial charge in [0.05, 0.1) is 0 Å². The van der Waals surface area contributed by atoms with Crippen LogP contribution in [-0.2, 0) is 11.2 Å². The number of benzene rings is 1. The van der Waals surface area contributed by atoms with Gasteiger partial charge in [-0.2, -0.15) is 0 Å². The van der Waals surface area contributed by atoms with Crippen molar-refractivity contribution in [2.45, 2.75) is 57.2 Å². The summed E-state index contributed by atoms with van der Waals surface area (Å²) in [5, 5.41) is 9.09. The molecule has 0 saturated heterocycles. The minimum absolute atomic E-state index is 0.0898. The molecule has 24 heavy (non-hydrogen) atoms. The summed E-state index contributed by atoms with van der Waals surface area (Å²) < 4.78 is 0. The van der Waals surface area contributed by atoms with Crippen molar-refractivity contribution in [3.8, 4) is 0 Å². The average molecular weight is 343 g/mol. The van der Waals surface area contributed by atoms with E-state index >= 15 is 0 Å². The highest BCUT2D eigenvalue weighted by molar-refractivity contribution is 7.10. The average Bonchev–Trinajstić information content (AvgIpc) is 3.11. The molecule has 1 saturated carbocycles. The summed E-state index contributed by atoms with van der Waals surface area (Å²) in [5.41, 5.74) is 1.37. The zero-order chi connectivity index (χ0) is 16.8. The van der Waals surface area contributed by atoms with Crippen LogP contribution in [0.5, 0.6) is 0 Å². The lowest BCUT2D eigenvalue weighted by atomic mass is 9.90. The van der Waals surface area contributed by atoms with E-state index in [9.17, 15) is 4.79 Å². The second kappa shape index (κ2) is 8.45. The van der Waals surface area contributed by atoms with Crippen LogP contribution in [0.15, 0.2) is 47.8 Å². The van der Waals surface area contributed by atoms with Gasteiger partial charge in [0.2, 0.25) is 5.91 Å². The molecule has 1 unspecified atom stereocenters. The van der Waals surface area contributed by atoms with Gasteiger partial charge in [-0.25, -0.2) is 0 Å². The smallest absolute Gasteiger partial charge is 0.217 e. The standard InChI is InChI=1S/C20H26N2OS/c1-15(23)21-17-9-11-18(12-10-17)22-19(20-8-5-13-24-20)14-16-6-3-2-4-7-16/h2-8,13,17-19,22H,9-12,14H2,1H3,(H,21,23). The monoisotopic (exact) mass is 342 g/mol. The Morgan fingerprint density at radius 3 is 2.42 bits per heavy atom. The molecule has 3 rings (SSSR count). The molecule has 1 heterocycles. The summed E-state index contributed by atoms with van der Waals surface area (Å²) in [7, 11) is 0. The molecule has 0 radical (unpaired) electrons. The molecule has 1 atom stereocenters. The number of hydrogen-bond donors (Lipinski definition) is 2. The topological polar surface area (TPSA) is 41.1 Å². The zero-order valence-corrected chi connectivity index (χ0v) is 15.0. The van der Waals surface area contributed by atoms with E-state index in [1.807, 2.05) is 11.3 Å². The normalized spacial score (nSPS) is 22.0. The SMILES string of the molecule is CC(=O)NC1CCC(NC(Cc2ccccc2)c2cccs2)CC1. The van der Waals surface area contributed by atoms with Gasteiger partial charge >= 0.3 is 0 Å². The Balaban J connectivity index is 1.60. The molecule has 0 spiro atoms. The number of nitrogens with one attached hydrogen (secondary N) is 2. The zero-order valence-electron chi connectivity index (χ0n) is 14.2. The molecule has 3 nitrogen and oxygen atoms in total. The van der Waals surface area contributed by atoms with E-state index in [4.69, 9.17) is 0 Å². The lowest BCUT2D eigenvalue weighted by Crippen LogP contribution is -2.42. The lowest BCUT2D eigenvalue weighted by Gasteiger charge is -2.32. The Kier molecular flexibility index (Phi) is 6.05. The van der Waals surface area contributed by atoms with Gasteiger partial charge in [0.25, 0.3) is 0 Å². The minimum atomic E-state index is 0.0898. The van der Waals surface area contributed by atoms with Crippen molar-refractivity contribution in [1.82, 2.24) is 10.6 Å². The maximum Gasteiger partial charge on any atom is 0.217 e. The van der Waals surface area contributed by atoms with Crippen LogP contribution < -0.4 is 10.6 Å². The molecular weight excluding hydrogens is 316 g/mol. The first-order valence-corrected chi connectivity index (χ1v) is 9.69. The van der Waals surface area contributed by atoms with E-state index in [2.05, 4.69) is 58.5 Å². The molecule has 4 heteroatoms. The number of thiophene rings is 1. The van der Waals surface area contributed by atoms with E-state index in [1.54, 1.807) is 6.92 Å². The number of carbonyl (C=O) groups excluding carboxylic acids is 1. The first-order chi connectivity index (χ1) is 11.7. The van der Waals surface area contributed by atoms with Crippen molar-refractivity contribution < 1.29 is 4.79 Å². The maximum atomic E-state index is 11.2. The summed E-state index contributed by atoms with van der Waals surface area (Å²) in [4.78, 5) is 12.6. The fraction of sp³-hybridized carbons (Fsp3) is 0.450. The van der Waals surface area contributed by atoms with Crippen molar-refractivity contribution in [1.29, 1.82) is 0 Å². The first-order valence-electron chi connectivity index (χ1n) is 8.81. The number of carbonyl (C=O) groups is 1. The quantitative estimate of drug-likeness (QED) is 0.831. The minimum Gasteiger partial charge on any atom is -0.354 e. The summed E-state index contributed by atoms with van der Waals surface area (Å²) in [6.07, 6.45) is 5.41. The lowest BCUT2D eigenvalue weighted by molar-refractivity contribution is -0.119. The van der Waals surface area contributed by atoms with Crippen LogP contribution in [0.1, 0.15) is 49.1 Å². The third-order valence-electron chi connectivity index (χ3n) is 4.74. The molecule has 0 bridgehead atoms. The van der Waals surface area contributed by atoms with Gasteiger partial charge in [0.1, 0.15) is 0 Å². The third kappa shape index (κ3) is 4.92. The summed E-state index contributed by atoms with van der Waals surface area (Å²) in [5.74, 6) is 0.0898. The Morgan fingerprint density at radius 2 is 1.79 bits per heavy atom. The van der Waals surface area contributed by atoms with Crippen LogP contribution in [-0.4, -0.2) is 18.0 Å². The summed E-state index contributed by atoms with van der Waals surface area (Å²) in [6, 6.07) is 16.3. The second-order valence-corrected chi connectivity index (χ2v) is 7.65. The van der Waals surface area contributed by atoms with Crippen LogP contribution in [0.25, 0.3) is 0 Å². The molecule has 2 aromatic rings. The van der Waals surface area contributed by atoms with Crippen LogP contribution >= 0.6 is 11.3 Å². The van der Waals surface area contributed by atoms with E-state index in [0.717, 1.165) is 32.1 Å². The molecule has 1 amide bonds. The third-order valence-corrected chi connectivity index (χ3v) is 5.73. The second-order valence-electron chi connectivity index (χ2n) is 6.67. The predicted molar refractivity (Wildman–Crippen MR) is 100 cm³/mol. The Labute approximate surface area is 148 Å². The van der Waals surface area contributed by atoms with E-state index in [1.165, 1.54) is 10.4 Å². The van der Waals surface area contributed by atoms with Gasteiger partial charge in [0, 0.05) is 29.9 Å². The molecule has 1 aliphatic rings. The summed E-state index contributed by atoms with van der Waals surface area (Å²) in [6.45, 7) is 1.61. The fourth-order valence-corrected chi connectivity index (χ4v) is 4.34. The van der Waals surface area contributed by atoms with E-state index < -0.39 is 0 Å². The van der Waals surface area contributed by atoms with Crippen molar-refractivity contribution in [3.05, 3.63) is 58.3 Å². The molecule has 2 N–H and O–H groups in total. The van der Waals surface area contributed by atoms with Gasteiger partial charge in [-0.3, -0.25) is 4.79 Å². The van der Waals surface area contributed by atoms with Crippen LogP contribution in [0.2, 0.25) is 0 Å². The predicted octanol–water partition coefficient (Wildman–Crippen LogP) is 4.07. The van der Waals surface area contributed by atoms with Crippen molar-refractivity contribution in [2.24, 2.45) is 0 Å². The highest BCUT2D eigenvalue weighted by atomic mass is 32.1. The van der Waals surface area contributed by atoms with Crippen molar-refractivity contribution >= 4 is 17.2 Å². The van der Waals surface area contributed by atoms with E-state index in [0.29, 0.717) is 18.1 Å². The maximum absolute atomic E-state index is 11.2. The Hall–Kier alpha value is -1.65. The van der Waals surface area contributed by atoms with Crippen molar-refractivity contribution in [2.75, 3.05) is 0 Å². The number of hydrogen-bond acceptors (Lipinski definition) is 3. The van der Waals surface area contributed by atoms with Crippen molar-refractivity contribution in [3.63, 3.8) is 0 Å². The molecule has 1 aromatic carbocycles. The summed E-state index contributed by atoms with van der Waals surface area (Å²) >= 11 is 1.83. The fourth-order valence-electron chi connectivity index (χ4n) is 3.56. The highest BCUT2D eigenvalue weighted by Gasteiger charge is 2.24. The highest BCUT2D eigenvalue weighted by Crippen LogP contribution is 2.27. The molecule has 0 aliphatic heterocycles. The van der Waals surface area contributed by atoms with Gasteiger partial charge in [-0.05, 0) is 49.1 Å². The molecule has 1 fully saturated rings. The van der Waals surface area contributed by atoms with Crippen LogP contribution in [0.4, 0.5) is 0 Å². The molecule has 1 aliphatic carbocycles. The first kappa shape index (κ1) is 17.2. The number of rotatable bonds is 6. The van der Waals surface area contributed by atoms with Gasteiger partial charge in [-0.1, -0.05) is 36.4 Å². The van der Waals surface area contributed by atoms with Gasteiger partial charge in [-0.15, -0.1) is 11.3 Å². The van der Waals surface area contributed by atoms with Crippen LogP contribution in [0.3, 0.4) is 0 Å². The molecule has 128 valence electrons. The Morgan fingerprint density at radius 1 is 1.08 bits per heavy atom.